The average Bonchev–Trinajstić information content (AvgIpc) is 3.21. The highest BCUT2D eigenvalue weighted by Gasteiger charge is 2.29. The molecule has 6 nitrogen and oxygen atoms in total. The molecule has 3 heterocycles. The Bertz CT molecular complexity index is 986. The molecule has 2 amide bonds. The first-order valence-electron chi connectivity index (χ1n) is 9.91. The number of para-hydroxylation sites is 2. The van der Waals surface area contributed by atoms with Crippen molar-refractivity contribution in [1.29, 1.82) is 0 Å². The molecule has 0 aliphatic carbocycles. The van der Waals surface area contributed by atoms with E-state index < -0.39 is 0 Å². The summed E-state index contributed by atoms with van der Waals surface area (Å²) in [5.41, 5.74) is 3.17. The van der Waals surface area contributed by atoms with E-state index in [0.29, 0.717) is 17.7 Å². The Labute approximate surface area is 169 Å². The Balaban J connectivity index is 1.56. The molecular formula is C21H27N5OS. The predicted molar refractivity (Wildman–Crippen MR) is 114 cm³/mol. The topological polar surface area (TPSA) is 63.1 Å². The number of rotatable bonds is 3. The summed E-state index contributed by atoms with van der Waals surface area (Å²) in [6.07, 6.45) is 2.03. The quantitative estimate of drug-likeness (QED) is 0.668. The van der Waals surface area contributed by atoms with Gasteiger partial charge in [0.1, 0.15) is 5.82 Å². The molecule has 4 rings (SSSR count). The van der Waals surface area contributed by atoms with Gasteiger partial charge < -0.3 is 9.47 Å². The molecule has 0 spiro atoms. The summed E-state index contributed by atoms with van der Waals surface area (Å²) < 4.78 is 2.33. The fraction of sp³-hybridized carbons (Fsp3) is 0.476. The van der Waals surface area contributed by atoms with Crippen LogP contribution in [0.1, 0.15) is 55.0 Å². The minimum absolute atomic E-state index is 0.0642. The number of hydrogen-bond donors (Lipinski definition) is 1. The molecule has 3 aromatic rings. The number of piperidine rings is 1. The highest BCUT2D eigenvalue weighted by molar-refractivity contribution is 7.15. The highest BCUT2D eigenvalue weighted by atomic mass is 32.1. The van der Waals surface area contributed by atoms with Crippen LogP contribution in [0.25, 0.3) is 11.0 Å². The maximum absolute atomic E-state index is 12.8. The Morgan fingerprint density at radius 2 is 2.04 bits per heavy atom. The van der Waals surface area contributed by atoms with Gasteiger partial charge in [0, 0.05) is 29.9 Å². The van der Waals surface area contributed by atoms with Crippen molar-refractivity contribution in [3.63, 3.8) is 0 Å². The van der Waals surface area contributed by atoms with E-state index in [-0.39, 0.29) is 11.9 Å². The van der Waals surface area contributed by atoms with E-state index in [1.807, 2.05) is 24.8 Å². The van der Waals surface area contributed by atoms with Gasteiger partial charge in [0.25, 0.3) is 0 Å². The first kappa shape index (κ1) is 18.9. The molecule has 1 aromatic carbocycles. The number of imidazole rings is 1. The number of likely N-dealkylation sites (tertiary alicyclic amines) is 1. The Morgan fingerprint density at radius 3 is 2.75 bits per heavy atom. The summed E-state index contributed by atoms with van der Waals surface area (Å²) in [6.45, 7) is 9.83. The van der Waals surface area contributed by atoms with Crippen LogP contribution in [0.2, 0.25) is 0 Å². The summed E-state index contributed by atoms with van der Waals surface area (Å²) in [5, 5.41) is 3.65. The largest absolute Gasteiger partial charge is 0.325 e. The molecule has 1 saturated heterocycles. The Hall–Kier alpha value is -2.41. The zero-order chi connectivity index (χ0) is 19.8. The van der Waals surface area contributed by atoms with Gasteiger partial charge in [-0.2, -0.15) is 0 Å². The van der Waals surface area contributed by atoms with Crippen LogP contribution >= 0.6 is 11.3 Å². The normalized spacial score (nSPS) is 17.5. The number of hydrogen-bond acceptors (Lipinski definition) is 4. The number of fused-ring (bicyclic) bond motifs is 1. The summed E-state index contributed by atoms with van der Waals surface area (Å²) in [5.74, 6) is 1.34. The van der Waals surface area contributed by atoms with E-state index in [1.54, 1.807) is 0 Å². The molecule has 1 aliphatic heterocycles. The number of carbonyl (C=O) groups is 1. The highest BCUT2D eigenvalue weighted by Crippen LogP contribution is 2.32. The van der Waals surface area contributed by atoms with Gasteiger partial charge >= 0.3 is 6.03 Å². The number of benzene rings is 1. The average molecular weight is 398 g/mol. The smallest absolute Gasteiger partial charge is 0.323 e. The van der Waals surface area contributed by atoms with E-state index in [4.69, 9.17) is 4.98 Å². The van der Waals surface area contributed by atoms with Gasteiger partial charge in [-0.05, 0) is 52.7 Å². The fourth-order valence-electron chi connectivity index (χ4n) is 3.96. The molecule has 0 bridgehead atoms. The van der Waals surface area contributed by atoms with Crippen molar-refractivity contribution in [2.75, 3.05) is 18.4 Å². The number of anilines is 1. The van der Waals surface area contributed by atoms with Crippen molar-refractivity contribution in [3.8, 4) is 0 Å². The molecule has 7 heteroatoms. The SMILES string of the molecule is Cc1nc(NC(=O)N2CCCC(c3nc4ccccc4n3C(C)C)C2)sc1C. The maximum Gasteiger partial charge on any atom is 0.323 e. The third-order valence-electron chi connectivity index (χ3n) is 5.46. The lowest BCUT2D eigenvalue weighted by Crippen LogP contribution is -2.42. The van der Waals surface area contributed by atoms with Gasteiger partial charge in [-0.15, -0.1) is 11.3 Å². The van der Waals surface area contributed by atoms with Gasteiger partial charge in [-0.25, -0.2) is 14.8 Å². The summed E-state index contributed by atoms with van der Waals surface area (Å²) in [6, 6.07) is 8.55. The fourth-order valence-corrected chi connectivity index (χ4v) is 4.77. The second-order valence-corrected chi connectivity index (χ2v) is 9.00. The molecule has 0 radical (unpaired) electrons. The van der Waals surface area contributed by atoms with Crippen LogP contribution in [0.3, 0.4) is 0 Å². The minimum Gasteiger partial charge on any atom is -0.325 e. The van der Waals surface area contributed by atoms with Crippen molar-refractivity contribution in [1.82, 2.24) is 19.4 Å². The van der Waals surface area contributed by atoms with E-state index in [1.165, 1.54) is 16.9 Å². The number of amides is 2. The summed E-state index contributed by atoms with van der Waals surface area (Å²) in [4.78, 5) is 25.2. The molecule has 148 valence electrons. The van der Waals surface area contributed by atoms with Crippen molar-refractivity contribution in [2.24, 2.45) is 0 Å². The molecular weight excluding hydrogens is 370 g/mol. The lowest BCUT2D eigenvalue weighted by Gasteiger charge is -2.33. The van der Waals surface area contributed by atoms with E-state index >= 15 is 0 Å². The number of aromatic nitrogens is 3. The van der Waals surface area contributed by atoms with Crippen LogP contribution in [-0.4, -0.2) is 38.6 Å². The zero-order valence-electron chi connectivity index (χ0n) is 16.9. The molecule has 1 N–H and O–H groups in total. The van der Waals surface area contributed by atoms with E-state index in [2.05, 4.69) is 46.9 Å². The third kappa shape index (κ3) is 3.51. The molecule has 2 aromatic heterocycles. The maximum atomic E-state index is 12.8. The van der Waals surface area contributed by atoms with Crippen LogP contribution < -0.4 is 5.32 Å². The van der Waals surface area contributed by atoms with Gasteiger partial charge in [0.2, 0.25) is 0 Å². The lowest BCUT2D eigenvalue weighted by atomic mass is 9.97. The third-order valence-corrected chi connectivity index (χ3v) is 6.44. The second kappa shape index (κ2) is 7.54. The molecule has 1 unspecified atom stereocenters. The first-order chi connectivity index (χ1) is 13.4. The van der Waals surface area contributed by atoms with Crippen LogP contribution in [0.4, 0.5) is 9.93 Å². The van der Waals surface area contributed by atoms with Crippen LogP contribution in [-0.2, 0) is 0 Å². The minimum atomic E-state index is -0.0642. The molecule has 28 heavy (non-hydrogen) atoms. The number of urea groups is 1. The number of nitrogens with zero attached hydrogens (tertiary/aromatic N) is 4. The van der Waals surface area contributed by atoms with Gasteiger partial charge in [0.15, 0.2) is 5.13 Å². The monoisotopic (exact) mass is 397 g/mol. The molecule has 1 fully saturated rings. The van der Waals surface area contributed by atoms with Crippen molar-refractivity contribution in [3.05, 3.63) is 40.7 Å². The van der Waals surface area contributed by atoms with E-state index in [9.17, 15) is 4.79 Å². The standard InChI is InChI=1S/C21H27N5OS/c1-13(2)26-18-10-6-5-9-17(18)23-19(26)16-8-7-11-25(12-16)21(27)24-20-22-14(3)15(4)28-20/h5-6,9-10,13,16H,7-8,11-12H2,1-4H3,(H,22,24,27). The Morgan fingerprint density at radius 1 is 1.25 bits per heavy atom. The van der Waals surface area contributed by atoms with Crippen LogP contribution in [0.5, 0.6) is 0 Å². The lowest BCUT2D eigenvalue weighted by molar-refractivity contribution is 0.190. The van der Waals surface area contributed by atoms with Gasteiger partial charge in [0.05, 0.1) is 16.7 Å². The van der Waals surface area contributed by atoms with Crippen molar-refractivity contribution >= 4 is 33.5 Å². The van der Waals surface area contributed by atoms with Crippen molar-refractivity contribution in [2.45, 2.75) is 52.5 Å². The molecule has 1 atom stereocenters. The van der Waals surface area contributed by atoms with Gasteiger partial charge in [-0.1, -0.05) is 12.1 Å². The summed E-state index contributed by atoms with van der Waals surface area (Å²) in [7, 11) is 0. The number of nitrogens with one attached hydrogen (secondary N) is 1. The summed E-state index contributed by atoms with van der Waals surface area (Å²) >= 11 is 1.53. The van der Waals surface area contributed by atoms with E-state index in [0.717, 1.165) is 41.3 Å². The number of aryl methyl sites for hydroxylation is 2. The first-order valence-corrected chi connectivity index (χ1v) is 10.7. The molecule has 1 aliphatic rings. The predicted octanol–water partition coefficient (Wildman–Crippen LogP) is 5.10. The molecule has 0 saturated carbocycles. The van der Waals surface area contributed by atoms with Crippen LogP contribution in [0, 0.1) is 13.8 Å². The Kier molecular flexibility index (Phi) is 5.10. The van der Waals surface area contributed by atoms with Gasteiger partial charge in [-0.3, -0.25) is 5.32 Å². The number of thiazole rings is 1. The second-order valence-electron chi connectivity index (χ2n) is 7.80. The van der Waals surface area contributed by atoms with Crippen molar-refractivity contribution < 1.29 is 4.79 Å². The zero-order valence-corrected chi connectivity index (χ0v) is 17.7. The number of carbonyl (C=O) groups excluding carboxylic acids is 1. The van der Waals surface area contributed by atoms with Crippen LogP contribution in [0.15, 0.2) is 24.3 Å².